The molecule has 0 saturated carbocycles. The van der Waals surface area contributed by atoms with Crippen molar-refractivity contribution < 1.29 is 63.3 Å². The molecule has 4 atom stereocenters. The lowest BCUT2D eigenvalue weighted by atomic mass is 9.88. The minimum absolute atomic E-state index is 0.0169. The van der Waals surface area contributed by atoms with Crippen LogP contribution in [0, 0.1) is 23.7 Å². The SMILES string of the molecule is CC(C)[C@H](CC(=O)CCCCCN1C(=O)C=CC1=O)C(=O)N[C@@H](C)C(=O)Cc1ccc(CO)cc1.CC(C)[C@H](CC(=O)CCCCCN1C(=O)C=CC1=O)C(=O)N[C@@H](C)C(=O)O.Nc1ccc(CO)cc1. The molecule has 4 rings (SSSR count). The fraction of sp³-hybridized carbons (Fsp3) is 0.509. The molecular formula is C53H73N5O13. The second-order valence-electron chi connectivity index (χ2n) is 18.4. The molecule has 2 aliphatic rings. The minimum atomic E-state index is -1.12. The Balaban J connectivity index is 0.000000422. The normalized spacial score (nSPS) is 14.6. The maximum Gasteiger partial charge on any atom is 0.325 e. The summed E-state index contributed by atoms with van der Waals surface area (Å²) in [6, 6.07) is 12.5. The van der Waals surface area contributed by atoms with Crippen LogP contribution < -0.4 is 16.4 Å². The average Bonchev–Trinajstić information content (AvgIpc) is 3.83. The van der Waals surface area contributed by atoms with Gasteiger partial charge in [0.25, 0.3) is 23.6 Å². The van der Waals surface area contributed by atoms with Crippen LogP contribution in [0.2, 0.25) is 0 Å². The van der Waals surface area contributed by atoms with Crippen molar-refractivity contribution in [2.24, 2.45) is 23.7 Å². The number of benzene rings is 2. The number of nitrogens with two attached hydrogens (primary N) is 1. The highest BCUT2D eigenvalue weighted by atomic mass is 16.4. The van der Waals surface area contributed by atoms with Crippen molar-refractivity contribution >= 4 is 64.4 Å². The van der Waals surface area contributed by atoms with Crippen LogP contribution in [0.5, 0.6) is 0 Å². The van der Waals surface area contributed by atoms with Crippen LogP contribution >= 0.6 is 0 Å². The Labute approximate surface area is 416 Å². The van der Waals surface area contributed by atoms with Crippen LogP contribution in [0.3, 0.4) is 0 Å². The van der Waals surface area contributed by atoms with E-state index >= 15 is 0 Å². The van der Waals surface area contributed by atoms with Crippen molar-refractivity contribution in [3.8, 4) is 0 Å². The predicted octanol–water partition coefficient (Wildman–Crippen LogP) is 4.57. The number of anilines is 1. The summed E-state index contributed by atoms with van der Waals surface area (Å²) >= 11 is 0. The van der Waals surface area contributed by atoms with Crippen molar-refractivity contribution in [1.82, 2.24) is 20.4 Å². The molecule has 0 unspecified atom stereocenters. The van der Waals surface area contributed by atoms with Crippen molar-refractivity contribution in [2.75, 3.05) is 18.8 Å². The van der Waals surface area contributed by atoms with Gasteiger partial charge in [0, 0.05) is 87.0 Å². The number of carboxylic acids is 1. The number of Topliss-reactive ketones (excluding diaryl/α,β-unsaturated/α-hetero) is 3. The van der Waals surface area contributed by atoms with E-state index in [1.165, 1.54) is 41.0 Å². The van der Waals surface area contributed by atoms with Crippen molar-refractivity contribution in [1.29, 1.82) is 0 Å². The van der Waals surface area contributed by atoms with E-state index in [1.807, 2.05) is 27.7 Å². The number of unbranched alkanes of at least 4 members (excludes halogenated alkanes) is 4. The number of hydrogen-bond donors (Lipinski definition) is 6. The molecule has 18 heteroatoms. The van der Waals surface area contributed by atoms with Gasteiger partial charge in [-0.05, 0) is 80.2 Å². The first-order chi connectivity index (χ1) is 33.6. The number of carboxylic acid groups (broad SMARTS) is 1. The topological polar surface area (TPSA) is 288 Å². The van der Waals surface area contributed by atoms with Gasteiger partial charge in [-0.15, -0.1) is 0 Å². The fourth-order valence-electron chi connectivity index (χ4n) is 7.32. The molecule has 0 radical (unpaired) electrons. The first-order valence-electron chi connectivity index (χ1n) is 24.2. The number of carbonyl (C=O) groups is 10. The smallest absolute Gasteiger partial charge is 0.325 e. The summed E-state index contributed by atoms with van der Waals surface area (Å²) in [6.45, 7) is 11.1. The van der Waals surface area contributed by atoms with E-state index in [4.69, 9.17) is 21.1 Å². The molecule has 0 spiro atoms. The highest BCUT2D eigenvalue weighted by molar-refractivity contribution is 6.13. The Bertz CT molecular complexity index is 2170. The molecule has 6 amide bonds. The van der Waals surface area contributed by atoms with Gasteiger partial charge in [0.1, 0.15) is 17.6 Å². The molecule has 2 aromatic rings. The van der Waals surface area contributed by atoms with Gasteiger partial charge in [-0.1, -0.05) is 76.9 Å². The Hall–Kier alpha value is -6.66. The van der Waals surface area contributed by atoms with Crippen LogP contribution in [0.25, 0.3) is 0 Å². The third-order valence-corrected chi connectivity index (χ3v) is 12.0. The number of amides is 6. The molecule has 0 bridgehead atoms. The number of nitrogen functional groups attached to an aromatic ring is 1. The van der Waals surface area contributed by atoms with Gasteiger partial charge in [0.05, 0.1) is 19.3 Å². The van der Waals surface area contributed by atoms with E-state index in [2.05, 4.69) is 10.6 Å². The zero-order chi connectivity index (χ0) is 53.2. The van der Waals surface area contributed by atoms with Crippen LogP contribution in [0.15, 0.2) is 72.8 Å². The lowest BCUT2D eigenvalue weighted by Crippen LogP contribution is -2.44. The second kappa shape index (κ2) is 31.5. The highest BCUT2D eigenvalue weighted by Crippen LogP contribution is 2.20. The average molecular weight is 988 g/mol. The lowest BCUT2D eigenvalue weighted by Gasteiger charge is -2.22. The molecule has 0 aromatic heterocycles. The highest BCUT2D eigenvalue weighted by Gasteiger charge is 2.29. The molecule has 0 aliphatic carbocycles. The van der Waals surface area contributed by atoms with Crippen molar-refractivity contribution in [3.63, 3.8) is 0 Å². The molecule has 71 heavy (non-hydrogen) atoms. The largest absolute Gasteiger partial charge is 0.480 e. The summed E-state index contributed by atoms with van der Waals surface area (Å²) in [4.78, 5) is 121. The summed E-state index contributed by atoms with van der Waals surface area (Å²) in [5.41, 5.74) is 8.59. The Morgan fingerprint density at radius 3 is 1.23 bits per heavy atom. The van der Waals surface area contributed by atoms with E-state index in [0.717, 1.165) is 22.4 Å². The summed E-state index contributed by atoms with van der Waals surface area (Å²) in [7, 11) is 0. The standard InChI is InChI=1S/C27H36N2O6.C19H28N2O6.C7H9NO/c1-18(2)23(16-22(31)7-5-4-6-14-29-25(33)12-13-26(29)34)27(35)28-19(3)24(32)15-20-8-10-21(17-30)11-9-20;1-12(2)15(18(25)20-13(3)19(26)27)11-14(22)7-5-4-6-10-21-16(23)8-9-17(21)24;8-7-3-1-6(5-9)2-4-7/h8-13,18-19,23,30H,4-7,14-17H2,1-3H3,(H,28,35);8-9,12-13,15H,4-7,10-11H2,1-3H3,(H,20,25)(H,26,27);1-4,9H,5,8H2/t19-,23-;13-,15-;/m00./s1. The number of aliphatic carboxylic acids is 1. The molecule has 388 valence electrons. The first kappa shape index (κ1) is 60.5. The van der Waals surface area contributed by atoms with Crippen LogP contribution in [0.1, 0.15) is 122 Å². The van der Waals surface area contributed by atoms with Crippen LogP contribution in [-0.2, 0) is 67.6 Å². The summed E-state index contributed by atoms with van der Waals surface area (Å²) < 4.78 is 0. The molecule has 7 N–H and O–H groups in total. The monoisotopic (exact) mass is 988 g/mol. The number of imide groups is 2. The van der Waals surface area contributed by atoms with E-state index in [1.54, 1.807) is 55.5 Å². The number of aliphatic hydroxyl groups is 2. The predicted molar refractivity (Wildman–Crippen MR) is 265 cm³/mol. The number of nitrogens with one attached hydrogen (secondary N) is 2. The van der Waals surface area contributed by atoms with Gasteiger partial charge >= 0.3 is 5.97 Å². The van der Waals surface area contributed by atoms with Crippen LogP contribution in [0.4, 0.5) is 5.69 Å². The maximum atomic E-state index is 12.8. The first-order valence-corrected chi connectivity index (χ1v) is 24.2. The number of carbonyl (C=O) groups excluding carboxylic acids is 9. The van der Waals surface area contributed by atoms with Crippen molar-refractivity contribution in [2.45, 2.75) is 137 Å². The Morgan fingerprint density at radius 1 is 0.521 bits per heavy atom. The van der Waals surface area contributed by atoms with Gasteiger partial charge in [0.15, 0.2) is 5.78 Å². The third-order valence-electron chi connectivity index (χ3n) is 12.0. The molecule has 2 aromatic carbocycles. The number of nitrogens with zero attached hydrogens (tertiary/aromatic N) is 2. The van der Waals surface area contributed by atoms with Crippen molar-refractivity contribution in [3.05, 3.63) is 89.5 Å². The fourth-order valence-corrected chi connectivity index (χ4v) is 7.32. The second-order valence-corrected chi connectivity index (χ2v) is 18.4. The van der Waals surface area contributed by atoms with E-state index in [0.29, 0.717) is 64.5 Å². The summed E-state index contributed by atoms with van der Waals surface area (Å²) in [5.74, 6) is -4.51. The minimum Gasteiger partial charge on any atom is -0.480 e. The van der Waals surface area contributed by atoms with E-state index in [9.17, 15) is 47.9 Å². The maximum absolute atomic E-state index is 12.8. The van der Waals surface area contributed by atoms with Gasteiger partial charge < -0.3 is 31.7 Å². The number of ketones is 3. The van der Waals surface area contributed by atoms with Gasteiger partial charge in [-0.25, -0.2) is 0 Å². The molecule has 0 fully saturated rings. The number of aliphatic hydroxyl groups excluding tert-OH is 2. The summed E-state index contributed by atoms with van der Waals surface area (Å²) in [5, 5.41) is 31.8. The van der Waals surface area contributed by atoms with Crippen LogP contribution in [-0.4, -0.2) is 109 Å². The molecule has 2 heterocycles. The summed E-state index contributed by atoms with van der Waals surface area (Å²) in [6.07, 6.45) is 9.87. The number of rotatable bonds is 28. The van der Waals surface area contributed by atoms with E-state index in [-0.39, 0.29) is 91.2 Å². The third kappa shape index (κ3) is 22.3. The zero-order valence-corrected chi connectivity index (χ0v) is 41.9. The molecule has 2 aliphatic heterocycles. The van der Waals surface area contributed by atoms with Gasteiger partial charge in [-0.3, -0.25) is 57.7 Å². The molecule has 0 saturated heterocycles. The Kier molecular flexibility index (Phi) is 26.9. The lowest BCUT2D eigenvalue weighted by molar-refractivity contribution is -0.142. The molecular weight excluding hydrogens is 915 g/mol. The van der Waals surface area contributed by atoms with Gasteiger partial charge in [0.2, 0.25) is 11.8 Å². The van der Waals surface area contributed by atoms with Gasteiger partial charge in [-0.2, -0.15) is 0 Å². The zero-order valence-electron chi connectivity index (χ0n) is 41.9. The quantitative estimate of drug-likeness (QED) is 0.0387. The Morgan fingerprint density at radius 2 is 0.873 bits per heavy atom. The van der Waals surface area contributed by atoms with E-state index < -0.39 is 35.8 Å². The molecule has 18 nitrogen and oxygen atoms in total. The number of hydrogen-bond acceptors (Lipinski definition) is 13.